The van der Waals surface area contributed by atoms with Gasteiger partial charge in [-0.2, -0.15) is 4.31 Å². The van der Waals surface area contributed by atoms with Gasteiger partial charge in [-0.05, 0) is 6.42 Å². The predicted octanol–water partition coefficient (Wildman–Crippen LogP) is -1.19. The lowest BCUT2D eigenvalue weighted by atomic mass is 10.5. The molecular weight excluding hydrogens is 292 g/mol. The van der Waals surface area contributed by atoms with Gasteiger partial charge >= 0.3 is 0 Å². The molecule has 1 aliphatic rings. The largest absolute Gasteiger partial charge is 0.381 e. The maximum absolute atomic E-state index is 12.4. The zero-order valence-electron chi connectivity index (χ0n) is 10.5. The molecule has 0 unspecified atom stereocenters. The molecule has 1 aromatic heterocycles. The van der Waals surface area contributed by atoms with Gasteiger partial charge in [0.2, 0.25) is 0 Å². The molecule has 2 N–H and O–H groups in total. The Labute approximate surface area is 112 Å². The quantitative estimate of drug-likeness (QED) is 0.734. The number of rotatable bonds is 2. The summed E-state index contributed by atoms with van der Waals surface area (Å²) in [5.74, 6) is -0.223. The van der Waals surface area contributed by atoms with Crippen molar-refractivity contribution in [1.82, 2.24) is 13.9 Å². The second-order valence-corrected chi connectivity index (χ2v) is 8.61. The SMILES string of the molecule is Cn1cnc(N)c1S(=O)(=O)N1CCCS(=O)(=O)CC1. The van der Waals surface area contributed by atoms with Crippen LogP contribution >= 0.6 is 0 Å². The van der Waals surface area contributed by atoms with Gasteiger partial charge in [0, 0.05) is 20.1 Å². The topological polar surface area (TPSA) is 115 Å². The molecule has 10 heteroatoms. The van der Waals surface area contributed by atoms with E-state index in [2.05, 4.69) is 4.98 Å². The Hall–Kier alpha value is -1.13. The Morgan fingerprint density at radius 2 is 2.00 bits per heavy atom. The first-order valence-corrected chi connectivity index (χ1v) is 8.97. The van der Waals surface area contributed by atoms with E-state index in [1.807, 2.05) is 0 Å². The van der Waals surface area contributed by atoms with Crippen LogP contribution in [0.2, 0.25) is 0 Å². The molecule has 0 aromatic carbocycles. The van der Waals surface area contributed by atoms with E-state index in [1.165, 1.54) is 17.9 Å². The van der Waals surface area contributed by atoms with Crippen molar-refractivity contribution >= 4 is 25.7 Å². The third-order valence-corrected chi connectivity index (χ3v) is 6.75. The van der Waals surface area contributed by atoms with Gasteiger partial charge in [-0.25, -0.2) is 21.8 Å². The van der Waals surface area contributed by atoms with Crippen molar-refractivity contribution in [3.05, 3.63) is 6.33 Å². The number of nitrogens with zero attached hydrogens (tertiary/aromatic N) is 3. The van der Waals surface area contributed by atoms with E-state index < -0.39 is 19.9 Å². The van der Waals surface area contributed by atoms with E-state index in [0.717, 1.165) is 4.31 Å². The van der Waals surface area contributed by atoms with Crippen LogP contribution in [0.1, 0.15) is 6.42 Å². The maximum Gasteiger partial charge on any atom is 0.262 e. The van der Waals surface area contributed by atoms with Crippen molar-refractivity contribution in [1.29, 1.82) is 0 Å². The van der Waals surface area contributed by atoms with Crippen LogP contribution in [0.3, 0.4) is 0 Å². The van der Waals surface area contributed by atoms with Crippen molar-refractivity contribution in [2.75, 3.05) is 30.3 Å². The molecule has 0 atom stereocenters. The number of hydrogen-bond donors (Lipinski definition) is 1. The third kappa shape index (κ3) is 2.74. The fourth-order valence-electron chi connectivity index (χ4n) is 2.03. The molecule has 8 nitrogen and oxygen atoms in total. The van der Waals surface area contributed by atoms with Crippen LogP contribution in [0.5, 0.6) is 0 Å². The minimum Gasteiger partial charge on any atom is -0.381 e. The molecule has 2 rings (SSSR count). The summed E-state index contributed by atoms with van der Waals surface area (Å²) in [4.78, 5) is 3.75. The molecule has 19 heavy (non-hydrogen) atoms. The average molecular weight is 308 g/mol. The van der Waals surface area contributed by atoms with E-state index in [4.69, 9.17) is 5.73 Å². The van der Waals surface area contributed by atoms with Crippen LogP contribution in [0.4, 0.5) is 5.82 Å². The van der Waals surface area contributed by atoms with E-state index in [9.17, 15) is 16.8 Å². The molecule has 1 saturated heterocycles. The summed E-state index contributed by atoms with van der Waals surface area (Å²) < 4.78 is 50.4. The van der Waals surface area contributed by atoms with Crippen LogP contribution in [-0.2, 0) is 26.9 Å². The Morgan fingerprint density at radius 1 is 1.32 bits per heavy atom. The lowest BCUT2D eigenvalue weighted by Crippen LogP contribution is -2.35. The maximum atomic E-state index is 12.4. The number of imidazole rings is 1. The zero-order valence-corrected chi connectivity index (χ0v) is 12.1. The molecule has 0 amide bonds. The van der Waals surface area contributed by atoms with Gasteiger partial charge in [-0.3, -0.25) is 0 Å². The zero-order chi connectivity index (χ0) is 14.3. The highest BCUT2D eigenvalue weighted by Gasteiger charge is 2.32. The molecule has 1 fully saturated rings. The molecule has 108 valence electrons. The van der Waals surface area contributed by atoms with E-state index in [-0.39, 0.29) is 35.4 Å². The third-order valence-electron chi connectivity index (χ3n) is 3.01. The highest BCUT2D eigenvalue weighted by molar-refractivity contribution is 7.91. The van der Waals surface area contributed by atoms with Crippen LogP contribution in [0, 0.1) is 0 Å². The molecular formula is C9H16N4O4S2. The van der Waals surface area contributed by atoms with Crippen molar-refractivity contribution in [3.8, 4) is 0 Å². The summed E-state index contributed by atoms with van der Waals surface area (Å²) in [7, 11) is -5.44. The average Bonchev–Trinajstić information content (AvgIpc) is 2.52. The number of nitrogens with two attached hydrogens (primary N) is 1. The number of aryl methyl sites for hydroxylation is 1. The van der Waals surface area contributed by atoms with E-state index >= 15 is 0 Å². The van der Waals surface area contributed by atoms with Crippen molar-refractivity contribution in [3.63, 3.8) is 0 Å². The van der Waals surface area contributed by atoms with Gasteiger partial charge < -0.3 is 10.3 Å². The summed E-state index contributed by atoms with van der Waals surface area (Å²) in [6.45, 7) is 0.126. The summed E-state index contributed by atoms with van der Waals surface area (Å²) >= 11 is 0. The van der Waals surface area contributed by atoms with Crippen LogP contribution in [0.25, 0.3) is 0 Å². The van der Waals surface area contributed by atoms with Gasteiger partial charge in [-0.1, -0.05) is 0 Å². The first-order valence-electron chi connectivity index (χ1n) is 5.71. The number of nitrogen functional groups attached to an aromatic ring is 1. The summed E-state index contributed by atoms with van der Waals surface area (Å²) in [6.07, 6.45) is 1.61. The number of sulfone groups is 1. The summed E-state index contributed by atoms with van der Waals surface area (Å²) in [6, 6.07) is 0. The molecule has 0 radical (unpaired) electrons. The molecule has 0 saturated carbocycles. The van der Waals surface area contributed by atoms with Crippen LogP contribution in [-0.4, -0.2) is 55.3 Å². The standard InChI is InChI=1S/C9H16N4O4S2/c1-12-7-11-8(10)9(12)19(16,17)13-3-2-5-18(14,15)6-4-13/h7H,2-6,10H2,1H3. The normalized spacial score (nSPS) is 21.1. The summed E-state index contributed by atoms with van der Waals surface area (Å²) in [5.41, 5.74) is 5.57. The number of anilines is 1. The highest BCUT2D eigenvalue weighted by Crippen LogP contribution is 2.22. The van der Waals surface area contributed by atoms with Gasteiger partial charge in [0.15, 0.2) is 20.7 Å². The minimum atomic E-state index is -3.81. The minimum absolute atomic E-state index is 0.0138. The predicted molar refractivity (Wildman–Crippen MR) is 69.7 cm³/mol. The summed E-state index contributed by atoms with van der Waals surface area (Å²) in [5, 5.41) is -0.0909. The van der Waals surface area contributed by atoms with Crippen molar-refractivity contribution < 1.29 is 16.8 Å². The molecule has 2 heterocycles. The Balaban J connectivity index is 2.36. The second-order valence-electron chi connectivity index (χ2n) is 4.46. The number of aromatic nitrogens is 2. The molecule has 0 spiro atoms. The first-order chi connectivity index (χ1) is 8.74. The van der Waals surface area contributed by atoms with Gasteiger partial charge in [0.1, 0.15) is 0 Å². The monoisotopic (exact) mass is 308 g/mol. The van der Waals surface area contributed by atoms with Crippen molar-refractivity contribution in [2.24, 2.45) is 7.05 Å². The lowest BCUT2D eigenvalue weighted by molar-refractivity contribution is 0.430. The van der Waals surface area contributed by atoms with E-state index in [0.29, 0.717) is 6.42 Å². The molecule has 0 aliphatic carbocycles. The van der Waals surface area contributed by atoms with Crippen LogP contribution < -0.4 is 5.73 Å². The number of sulfonamides is 1. The first kappa shape index (κ1) is 14.3. The molecule has 0 bridgehead atoms. The van der Waals surface area contributed by atoms with Gasteiger partial charge in [-0.15, -0.1) is 0 Å². The fourth-order valence-corrected chi connectivity index (χ4v) is 5.09. The van der Waals surface area contributed by atoms with Gasteiger partial charge in [0.05, 0.1) is 17.8 Å². The lowest BCUT2D eigenvalue weighted by Gasteiger charge is -2.19. The Bertz CT molecular complexity index is 658. The molecule has 1 aliphatic heterocycles. The Kier molecular flexibility index (Phi) is 3.58. The van der Waals surface area contributed by atoms with Crippen molar-refractivity contribution in [2.45, 2.75) is 11.4 Å². The van der Waals surface area contributed by atoms with Gasteiger partial charge in [0.25, 0.3) is 10.0 Å². The van der Waals surface area contributed by atoms with E-state index in [1.54, 1.807) is 0 Å². The smallest absolute Gasteiger partial charge is 0.262 e. The highest BCUT2D eigenvalue weighted by atomic mass is 32.2. The number of hydrogen-bond acceptors (Lipinski definition) is 6. The fraction of sp³-hybridized carbons (Fsp3) is 0.667. The van der Waals surface area contributed by atoms with Crippen LogP contribution in [0.15, 0.2) is 11.4 Å². The molecule has 1 aromatic rings. The second kappa shape index (κ2) is 4.76. The Morgan fingerprint density at radius 3 is 2.58 bits per heavy atom.